The van der Waals surface area contributed by atoms with Gasteiger partial charge < -0.3 is 0 Å². The lowest BCUT2D eigenvalue weighted by atomic mass is 10.1. The zero-order chi connectivity index (χ0) is 11.5. The highest BCUT2D eigenvalue weighted by molar-refractivity contribution is 5.80. The third-order valence-electron chi connectivity index (χ3n) is 2.47. The van der Waals surface area contributed by atoms with Crippen LogP contribution in [0.4, 0.5) is 0 Å². The molecule has 0 aliphatic carbocycles. The van der Waals surface area contributed by atoms with E-state index in [0.29, 0.717) is 0 Å². The number of para-hydroxylation sites is 1. The third-order valence-corrected chi connectivity index (χ3v) is 2.47. The summed E-state index contributed by atoms with van der Waals surface area (Å²) in [6, 6.07) is 6.01. The topological polar surface area (TPSA) is 25.8 Å². The van der Waals surface area contributed by atoms with Crippen LogP contribution in [0.15, 0.2) is 30.9 Å². The van der Waals surface area contributed by atoms with Crippen LogP contribution in [0.2, 0.25) is 0 Å². The van der Waals surface area contributed by atoms with Gasteiger partial charge in [-0.05, 0) is 37.6 Å². The summed E-state index contributed by atoms with van der Waals surface area (Å²) in [6.45, 7) is 7.78. The van der Waals surface area contributed by atoms with E-state index in [9.17, 15) is 0 Å². The Hall–Kier alpha value is -1.96. The molecular weight excluding hydrogens is 196 g/mol. The van der Waals surface area contributed by atoms with Crippen molar-refractivity contribution < 1.29 is 0 Å². The Morgan fingerprint density at radius 2 is 2.00 bits per heavy atom. The van der Waals surface area contributed by atoms with Crippen molar-refractivity contribution in [1.29, 1.82) is 0 Å². The predicted octanol–water partition coefficient (Wildman–Crippen LogP) is 3.61. The van der Waals surface area contributed by atoms with Crippen molar-refractivity contribution in [3.8, 4) is 0 Å². The molecule has 0 atom stereocenters. The van der Waals surface area contributed by atoms with E-state index in [1.165, 1.54) is 0 Å². The molecule has 0 amide bonds. The Balaban J connectivity index is 2.80. The zero-order valence-electron chi connectivity index (χ0n) is 9.57. The number of hydrogen-bond acceptors (Lipinski definition) is 2. The molecule has 0 radical (unpaired) electrons. The second-order valence-corrected chi connectivity index (χ2v) is 3.64. The summed E-state index contributed by atoms with van der Waals surface area (Å²) in [4.78, 5) is 9.16. The minimum Gasteiger partial charge on any atom is -0.245 e. The molecule has 0 aliphatic heterocycles. The van der Waals surface area contributed by atoms with E-state index in [1.807, 2.05) is 44.2 Å². The molecule has 80 valence electrons. The van der Waals surface area contributed by atoms with Gasteiger partial charge in [0, 0.05) is 0 Å². The molecule has 0 saturated carbocycles. The van der Waals surface area contributed by atoms with Crippen molar-refractivity contribution in [3.05, 3.63) is 47.8 Å². The summed E-state index contributed by atoms with van der Waals surface area (Å²) in [5.41, 5.74) is 4.73. The molecule has 2 aromatic rings. The minimum absolute atomic E-state index is 0.830. The molecule has 0 aliphatic rings. The van der Waals surface area contributed by atoms with Gasteiger partial charge in [-0.2, -0.15) is 0 Å². The average Bonchev–Trinajstić information content (AvgIpc) is 2.30. The van der Waals surface area contributed by atoms with Crippen molar-refractivity contribution in [1.82, 2.24) is 9.97 Å². The molecule has 0 spiro atoms. The number of rotatable bonds is 2. The van der Waals surface area contributed by atoms with E-state index in [2.05, 4.69) is 16.5 Å². The molecule has 1 aromatic carbocycles. The molecular formula is C14H14N2. The Kier molecular flexibility index (Phi) is 2.82. The second-order valence-electron chi connectivity index (χ2n) is 3.64. The number of aromatic nitrogens is 2. The number of hydrogen-bond donors (Lipinski definition) is 0. The van der Waals surface area contributed by atoms with E-state index in [-0.39, 0.29) is 0 Å². The number of nitrogens with zero attached hydrogens (tertiary/aromatic N) is 2. The van der Waals surface area contributed by atoms with Crippen molar-refractivity contribution >= 4 is 23.2 Å². The van der Waals surface area contributed by atoms with Gasteiger partial charge in [-0.15, -0.1) is 0 Å². The van der Waals surface area contributed by atoms with Crippen molar-refractivity contribution in [2.24, 2.45) is 0 Å². The van der Waals surface area contributed by atoms with Crippen LogP contribution in [0.3, 0.4) is 0 Å². The summed E-state index contributed by atoms with van der Waals surface area (Å²) >= 11 is 0. The SMILES string of the molecule is C=Cc1nc2cccc(C)c2nc1/C=C\C. The van der Waals surface area contributed by atoms with Gasteiger partial charge in [0.1, 0.15) is 0 Å². The van der Waals surface area contributed by atoms with E-state index in [4.69, 9.17) is 0 Å². The smallest absolute Gasteiger partial charge is 0.0923 e. The van der Waals surface area contributed by atoms with Gasteiger partial charge in [-0.1, -0.05) is 24.8 Å². The highest BCUT2D eigenvalue weighted by Gasteiger charge is 2.04. The standard InChI is InChI=1S/C14H14N2/c1-4-7-12-11(5-2)15-13-9-6-8-10(3)14(13)16-12/h4-9H,2H2,1,3H3/b7-4-. The molecule has 2 heteroatoms. The first-order valence-electron chi connectivity index (χ1n) is 5.28. The van der Waals surface area contributed by atoms with Crippen molar-refractivity contribution in [2.75, 3.05) is 0 Å². The zero-order valence-corrected chi connectivity index (χ0v) is 9.57. The third kappa shape index (κ3) is 1.74. The van der Waals surface area contributed by atoms with Crippen LogP contribution in [0, 0.1) is 6.92 Å². The highest BCUT2D eigenvalue weighted by Crippen LogP contribution is 2.18. The lowest BCUT2D eigenvalue weighted by Crippen LogP contribution is -1.95. The van der Waals surface area contributed by atoms with Crippen LogP contribution in [0.25, 0.3) is 23.2 Å². The molecule has 1 aromatic heterocycles. The fourth-order valence-electron chi connectivity index (χ4n) is 1.67. The number of allylic oxidation sites excluding steroid dienone is 1. The fourth-order valence-corrected chi connectivity index (χ4v) is 1.67. The minimum atomic E-state index is 0.830. The average molecular weight is 210 g/mol. The summed E-state index contributed by atoms with van der Waals surface area (Å²) < 4.78 is 0. The van der Waals surface area contributed by atoms with E-state index < -0.39 is 0 Å². The maximum Gasteiger partial charge on any atom is 0.0923 e. The normalized spacial score (nSPS) is 11.1. The summed E-state index contributed by atoms with van der Waals surface area (Å²) in [6.07, 6.45) is 5.65. The Bertz CT molecular complexity index is 568. The number of benzene rings is 1. The van der Waals surface area contributed by atoms with Gasteiger partial charge in [0.15, 0.2) is 0 Å². The van der Waals surface area contributed by atoms with Gasteiger partial charge in [0.25, 0.3) is 0 Å². The number of aryl methyl sites for hydroxylation is 1. The highest BCUT2D eigenvalue weighted by atomic mass is 14.8. The van der Waals surface area contributed by atoms with Gasteiger partial charge >= 0.3 is 0 Å². The van der Waals surface area contributed by atoms with Crippen LogP contribution in [-0.4, -0.2) is 9.97 Å². The second kappa shape index (κ2) is 4.27. The summed E-state index contributed by atoms with van der Waals surface area (Å²) in [7, 11) is 0. The van der Waals surface area contributed by atoms with Crippen LogP contribution in [-0.2, 0) is 0 Å². The van der Waals surface area contributed by atoms with Gasteiger partial charge in [-0.25, -0.2) is 9.97 Å². The van der Waals surface area contributed by atoms with Crippen LogP contribution < -0.4 is 0 Å². The maximum absolute atomic E-state index is 4.61. The van der Waals surface area contributed by atoms with E-state index in [1.54, 1.807) is 6.08 Å². The summed E-state index contributed by atoms with van der Waals surface area (Å²) in [5.74, 6) is 0. The molecule has 0 unspecified atom stereocenters. The first kappa shape index (κ1) is 10.6. The van der Waals surface area contributed by atoms with Crippen LogP contribution >= 0.6 is 0 Å². The molecule has 0 bridgehead atoms. The van der Waals surface area contributed by atoms with E-state index >= 15 is 0 Å². The van der Waals surface area contributed by atoms with E-state index in [0.717, 1.165) is 28.0 Å². The molecule has 0 saturated heterocycles. The largest absolute Gasteiger partial charge is 0.245 e. The Morgan fingerprint density at radius 3 is 2.69 bits per heavy atom. The molecule has 2 rings (SSSR count). The van der Waals surface area contributed by atoms with Crippen molar-refractivity contribution in [3.63, 3.8) is 0 Å². The summed E-state index contributed by atoms with van der Waals surface area (Å²) in [5, 5.41) is 0. The molecule has 0 fully saturated rings. The maximum atomic E-state index is 4.61. The molecule has 16 heavy (non-hydrogen) atoms. The molecule has 2 nitrogen and oxygen atoms in total. The quantitative estimate of drug-likeness (QED) is 0.756. The predicted molar refractivity (Wildman–Crippen MR) is 69.1 cm³/mol. The van der Waals surface area contributed by atoms with Gasteiger partial charge in [0.2, 0.25) is 0 Å². The van der Waals surface area contributed by atoms with Gasteiger partial charge in [0.05, 0.1) is 22.4 Å². The fraction of sp³-hybridized carbons (Fsp3) is 0.143. The first-order chi connectivity index (χ1) is 7.76. The lowest BCUT2D eigenvalue weighted by molar-refractivity contribution is 1.22. The number of fused-ring (bicyclic) bond motifs is 1. The lowest BCUT2D eigenvalue weighted by Gasteiger charge is -2.05. The monoisotopic (exact) mass is 210 g/mol. The van der Waals surface area contributed by atoms with Crippen molar-refractivity contribution in [2.45, 2.75) is 13.8 Å². The van der Waals surface area contributed by atoms with Crippen LogP contribution in [0.1, 0.15) is 23.9 Å². The van der Waals surface area contributed by atoms with Gasteiger partial charge in [-0.3, -0.25) is 0 Å². The first-order valence-corrected chi connectivity index (χ1v) is 5.28. The Morgan fingerprint density at radius 1 is 1.19 bits per heavy atom. The molecule has 1 heterocycles. The molecule has 0 N–H and O–H groups in total. The Labute approximate surface area is 95.4 Å². The van der Waals surface area contributed by atoms with Crippen LogP contribution in [0.5, 0.6) is 0 Å².